The van der Waals surface area contributed by atoms with Crippen LogP contribution in [0, 0.1) is 11.7 Å². The highest BCUT2D eigenvalue weighted by molar-refractivity contribution is 8.00. The van der Waals surface area contributed by atoms with E-state index < -0.39 is 0 Å². The topological polar surface area (TPSA) is 46.3 Å². The molecule has 1 unspecified atom stereocenters. The second-order valence-corrected chi connectivity index (χ2v) is 6.08. The first-order valence-electron chi connectivity index (χ1n) is 6.52. The molecule has 0 spiro atoms. The van der Waals surface area contributed by atoms with Crippen LogP contribution in [0.1, 0.15) is 19.8 Å². The zero-order valence-electron chi connectivity index (χ0n) is 11.1. The van der Waals surface area contributed by atoms with Gasteiger partial charge < -0.3 is 10.6 Å². The number of nitrogens with two attached hydrogens (primary N) is 1. The summed E-state index contributed by atoms with van der Waals surface area (Å²) in [6, 6.07) is 4.24. The molecule has 0 bridgehead atoms. The molecule has 1 aromatic rings. The Morgan fingerprint density at radius 2 is 2.37 bits per heavy atom. The van der Waals surface area contributed by atoms with Crippen LogP contribution in [0.15, 0.2) is 23.1 Å². The van der Waals surface area contributed by atoms with Gasteiger partial charge in [0, 0.05) is 23.7 Å². The van der Waals surface area contributed by atoms with Crippen molar-refractivity contribution in [1.29, 1.82) is 0 Å². The zero-order valence-corrected chi connectivity index (χ0v) is 11.9. The zero-order chi connectivity index (χ0) is 13.8. The van der Waals surface area contributed by atoms with E-state index in [1.807, 2.05) is 4.90 Å². The highest BCUT2D eigenvalue weighted by atomic mass is 32.2. The van der Waals surface area contributed by atoms with Crippen LogP contribution in [-0.2, 0) is 4.79 Å². The number of nitrogen functional groups attached to an aromatic ring is 1. The van der Waals surface area contributed by atoms with Gasteiger partial charge in [-0.2, -0.15) is 0 Å². The van der Waals surface area contributed by atoms with Gasteiger partial charge in [-0.15, -0.1) is 11.8 Å². The fourth-order valence-electron chi connectivity index (χ4n) is 2.28. The summed E-state index contributed by atoms with van der Waals surface area (Å²) >= 11 is 1.31. The number of hydrogen-bond acceptors (Lipinski definition) is 3. The van der Waals surface area contributed by atoms with E-state index in [1.165, 1.54) is 36.4 Å². The van der Waals surface area contributed by atoms with Crippen LogP contribution in [0.25, 0.3) is 0 Å². The number of carbonyl (C=O) groups is 1. The third kappa shape index (κ3) is 3.86. The van der Waals surface area contributed by atoms with Gasteiger partial charge in [0.2, 0.25) is 5.91 Å². The summed E-state index contributed by atoms with van der Waals surface area (Å²) in [6.07, 6.45) is 2.26. The van der Waals surface area contributed by atoms with Crippen molar-refractivity contribution in [2.24, 2.45) is 5.92 Å². The number of carbonyl (C=O) groups excluding carboxylic acids is 1. The number of amides is 1. The molecule has 0 saturated carbocycles. The van der Waals surface area contributed by atoms with Crippen LogP contribution >= 0.6 is 11.8 Å². The van der Waals surface area contributed by atoms with E-state index >= 15 is 0 Å². The fraction of sp³-hybridized carbons (Fsp3) is 0.500. The van der Waals surface area contributed by atoms with Gasteiger partial charge in [0.1, 0.15) is 5.82 Å². The van der Waals surface area contributed by atoms with Crippen molar-refractivity contribution in [2.45, 2.75) is 24.7 Å². The standard InChI is InChI=1S/C14H19FN2OS/c1-10-3-2-6-17(8-10)14(18)9-19-13-7-11(15)4-5-12(13)16/h4-5,7,10H,2-3,6,8-9,16H2,1H3. The van der Waals surface area contributed by atoms with E-state index in [-0.39, 0.29) is 11.7 Å². The van der Waals surface area contributed by atoms with Gasteiger partial charge >= 0.3 is 0 Å². The maximum absolute atomic E-state index is 13.1. The molecule has 1 saturated heterocycles. The van der Waals surface area contributed by atoms with Gasteiger partial charge in [0.05, 0.1) is 5.75 Å². The van der Waals surface area contributed by atoms with Crippen molar-refractivity contribution in [3.05, 3.63) is 24.0 Å². The molecule has 1 fully saturated rings. The molecule has 0 aliphatic carbocycles. The van der Waals surface area contributed by atoms with Crippen molar-refractivity contribution in [2.75, 3.05) is 24.6 Å². The molecule has 2 rings (SSSR count). The predicted molar refractivity (Wildman–Crippen MR) is 76.5 cm³/mol. The van der Waals surface area contributed by atoms with Crippen LogP contribution in [-0.4, -0.2) is 29.6 Å². The van der Waals surface area contributed by atoms with E-state index in [0.29, 0.717) is 22.3 Å². The van der Waals surface area contributed by atoms with Gasteiger partial charge in [-0.1, -0.05) is 6.92 Å². The van der Waals surface area contributed by atoms with Crippen LogP contribution in [0.3, 0.4) is 0 Å². The first-order chi connectivity index (χ1) is 9.06. The van der Waals surface area contributed by atoms with Crippen molar-refractivity contribution < 1.29 is 9.18 Å². The van der Waals surface area contributed by atoms with Crippen molar-refractivity contribution >= 4 is 23.4 Å². The van der Waals surface area contributed by atoms with Crippen LogP contribution in [0.5, 0.6) is 0 Å². The van der Waals surface area contributed by atoms with Crippen molar-refractivity contribution in [3.63, 3.8) is 0 Å². The second kappa shape index (κ2) is 6.28. The quantitative estimate of drug-likeness (QED) is 0.685. The second-order valence-electron chi connectivity index (χ2n) is 5.06. The SMILES string of the molecule is CC1CCCN(C(=O)CSc2cc(F)ccc2N)C1. The van der Waals surface area contributed by atoms with Gasteiger partial charge in [-0.3, -0.25) is 4.79 Å². The van der Waals surface area contributed by atoms with E-state index in [0.717, 1.165) is 19.5 Å². The lowest BCUT2D eigenvalue weighted by Crippen LogP contribution is -2.40. The largest absolute Gasteiger partial charge is 0.398 e. The lowest BCUT2D eigenvalue weighted by atomic mass is 10.0. The number of thioether (sulfide) groups is 1. The molecule has 5 heteroatoms. The summed E-state index contributed by atoms with van der Waals surface area (Å²) < 4.78 is 13.1. The highest BCUT2D eigenvalue weighted by Crippen LogP contribution is 2.26. The molecule has 1 amide bonds. The highest BCUT2D eigenvalue weighted by Gasteiger charge is 2.20. The molecule has 1 atom stereocenters. The Morgan fingerprint density at radius 3 is 3.11 bits per heavy atom. The summed E-state index contributed by atoms with van der Waals surface area (Å²) in [4.78, 5) is 14.6. The molecular weight excluding hydrogens is 263 g/mol. The minimum absolute atomic E-state index is 0.111. The third-order valence-electron chi connectivity index (χ3n) is 3.34. The molecule has 0 aromatic heterocycles. The smallest absolute Gasteiger partial charge is 0.232 e. The van der Waals surface area contributed by atoms with Crippen LogP contribution in [0.2, 0.25) is 0 Å². The van der Waals surface area contributed by atoms with Gasteiger partial charge in [-0.05, 0) is 37.0 Å². The summed E-state index contributed by atoms with van der Waals surface area (Å²) in [5.74, 6) is 0.679. The Labute approximate surface area is 117 Å². The molecule has 104 valence electrons. The number of benzene rings is 1. The normalized spacial score (nSPS) is 19.5. The number of piperidine rings is 1. The van der Waals surface area contributed by atoms with Gasteiger partial charge in [0.15, 0.2) is 0 Å². The predicted octanol–water partition coefficient (Wildman–Crippen LogP) is 2.76. The van der Waals surface area contributed by atoms with E-state index in [2.05, 4.69) is 6.92 Å². The molecule has 19 heavy (non-hydrogen) atoms. The molecule has 1 aromatic carbocycles. The fourth-order valence-corrected chi connectivity index (χ4v) is 3.17. The molecule has 1 aliphatic rings. The third-order valence-corrected chi connectivity index (χ3v) is 4.39. The molecule has 1 aliphatic heterocycles. The van der Waals surface area contributed by atoms with E-state index in [4.69, 9.17) is 5.73 Å². The number of hydrogen-bond donors (Lipinski definition) is 1. The Bertz CT molecular complexity index is 467. The number of nitrogens with zero attached hydrogens (tertiary/aromatic N) is 1. The molecular formula is C14H19FN2OS. The minimum atomic E-state index is -0.323. The lowest BCUT2D eigenvalue weighted by molar-refractivity contribution is -0.130. The maximum atomic E-state index is 13.1. The Balaban J connectivity index is 1.91. The minimum Gasteiger partial charge on any atom is -0.398 e. The first-order valence-corrected chi connectivity index (χ1v) is 7.50. The van der Waals surface area contributed by atoms with Crippen LogP contribution < -0.4 is 5.73 Å². The van der Waals surface area contributed by atoms with E-state index in [1.54, 1.807) is 0 Å². The van der Waals surface area contributed by atoms with Crippen molar-refractivity contribution in [1.82, 2.24) is 4.90 Å². The van der Waals surface area contributed by atoms with E-state index in [9.17, 15) is 9.18 Å². The van der Waals surface area contributed by atoms with Crippen LogP contribution in [0.4, 0.5) is 10.1 Å². The molecule has 1 heterocycles. The average Bonchev–Trinajstić information content (AvgIpc) is 2.39. The van der Waals surface area contributed by atoms with Gasteiger partial charge in [-0.25, -0.2) is 4.39 Å². The first kappa shape index (κ1) is 14.2. The van der Waals surface area contributed by atoms with Crippen molar-refractivity contribution in [3.8, 4) is 0 Å². The average molecular weight is 282 g/mol. The lowest BCUT2D eigenvalue weighted by Gasteiger charge is -2.30. The van der Waals surface area contributed by atoms with Gasteiger partial charge in [0.25, 0.3) is 0 Å². The molecule has 3 nitrogen and oxygen atoms in total. The summed E-state index contributed by atoms with van der Waals surface area (Å²) in [7, 11) is 0. The monoisotopic (exact) mass is 282 g/mol. The molecule has 2 N–H and O–H groups in total. The summed E-state index contributed by atoms with van der Waals surface area (Å²) in [5, 5.41) is 0. The molecule has 0 radical (unpaired) electrons. The number of likely N-dealkylation sites (tertiary alicyclic amines) is 1. The summed E-state index contributed by atoms with van der Waals surface area (Å²) in [5.41, 5.74) is 6.28. The Kier molecular flexibility index (Phi) is 4.69. The number of halogens is 1. The number of rotatable bonds is 3. The maximum Gasteiger partial charge on any atom is 0.232 e. The Morgan fingerprint density at radius 1 is 1.58 bits per heavy atom. The number of anilines is 1. The Hall–Kier alpha value is -1.23. The summed E-state index contributed by atoms with van der Waals surface area (Å²) in [6.45, 7) is 3.83.